The molecule has 10 heteroatoms. The maximum Gasteiger partial charge on any atom is 0.323 e. The molecule has 142 valence electrons. The van der Waals surface area contributed by atoms with Gasteiger partial charge in [-0.05, 0) is 37.3 Å². The Bertz CT molecular complexity index is 856. The van der Waals surface area contributed by atoms with E-state index in [-0.39, 0.29) is 23.0 Å². The Balaban J connectivity index is 1.92. The van der Waals surface area contributed by atoms with Crippen LogP contribution in [0.25, 0.3) is 0 Å². The van der Waals surface area contributed by atoms with Crippen molar-refractivity contribution in [2.75, 3.05) is 17.2 Å². The Morgan fingerprint density at radius 2 is 1.89 bits per heavy atom. The fourth-order valence-electron chi connectivity index (χ4n) is 1.93. The largest absolute Gasteiger partial charge is 0.493 e. The van der Waals surface area contributed by atoms with Crippen LogP contribution in [0.1, 0.15) is 6.92 Å². The summed E-state index contributed by atoms with van der Waals surface area (Å²) < 4.78 is 5.35. The van der Waals surface area contributed by atoms with Crippen molar-refractivity contribution in [1.29, 1.82) is 0 Å². The molecule has 0 bridgehead atoms. The minimum absolute atomic E-state index is 0.0290. The Morgan fingerprint density at radius 3 is 2.44 bits per heavy atom. The summed E-state index contributed by atoms with van der Waals surface area (Å²) in [7, 11) is 0. The van der Waals surface area contributed by atoms with Crippen molar-refractivity contribution < 1.29 is 24.4 Å². The minimum atomic E-state index is -0.949. The van der Waals surface area contributed by atoms with Crippen LogP contribution in [0.5, 0.6) is 5.75 Å². The maximum atomic E-state index is 12.0. The number of hydrogen-bond acceptors (Lipinski definition) is 5. The zero-order valence-electron chi connectivity index (χ0n) is 14.1. The molecular weight excluding hydrogens is 378 g/mol. The molecule has 0 aromatic heterocycles. The Labute approximate surface area is 159 Å². The first-order valence-electron chi connectivity index (χ1n) is 7.74. The number of non-ortho nitro benzene ring substituents is 1. The molecule has 1 unspecified atom stereocenters. The van der Waals surface area contributed by atoms with Gasteiger partial charge in [-0.1, -0.05) is 11.6 Å². The Morgan fingerprint density at radius 1 is 1.22 bits per heavy atom. The van der Waals surface area contributed by atoms with E-state index in [4.69, 9.17) is 21.4 Å². The average molecular weight is 394 g/mol. The van der Waals surface area contributed by atoms with Crippen molar-refractivity contribution >= 4 is 40.7 Å². The van der Waals surface area contributed by atoms with Gasteiger partial charge in [0.1, 0.15) is 12.4 Å². The lowest BCUT2D eigenvalue weighted by Crippen LogP contribution is -2.19. The number of aliphatic carboxylic acids is 1. The van der Waals surface area contributed by atoms with Crippen LogP contribution in [-0.4, -0.2) is 28.6 Å². The van der Waals surface area contributed by atoms with E-state index in [9.17, 15) is 19.7 Å². The number of nitro groups is 1. The summed E-state index contributed by atoms with van der Waals surface area (Å²) in [6, 6.07) is 9.45. The van der Waals surface area contributed by atoms with Gasteiger partial charge in [-0.15, -0.1) is 0 Å². The van der Waals surface area contributed by atoms with Gasteiger partial charge >= 0.3 is 12.0 Å². The molecule has 27 heavy (non-hydrogen) atoms. The van der Waals surface area contributed by atoms with E-state index in [2.05, 4.69) is 10.6 Å². The highest BCUT2D eigenvalue weighted by atomic mass is 35.5. The number of urea groups is 1. The normalized spacial score (nSPS) is 11.3. The number of carbonyl (C=O) groups is 2. The van der Waals surface area contributed by atoms with E-state index in [0.717, 1.165) is 6.07 Å². The van der Waals surface area contributed by atoms with Crippen molar-refractivity contribution in [2.45, 2.75) is 6.92 Å². The van der Waals surface area contributed by atoms with Crippen LogP contribution in [0.4, 0.5) is 21.9 Å². The van der Waals surface area contributed by atoms with Gasteiger partial charge in [-0.3, -0.25) is 14.9 Å². The summed E-state index contributed by atoms with van der Waals surface area (Å²) in [5, 5.41) is 24.6. The summed E-state index contributed by atoms with van der Waals surface area (Å²) in [5.41, 5.74) is 0.505. The highest BCUT2D eigenvalue weighted by molar-refractivity contribution is 6.34. The van der Waals surface area contributed by atoms with Gasteiger partial charge in [-0.25, -0.2) is 4.79 Å². The van der Waals surface area contributed by atoms with Gasteiger partial charge in [0.25, 0.3) is 5.69 Å². The number of carboxylic acids is 1. The van der Waals surface area contributed by atoms with E-state index in [1.54, 1.807) is 24.3 Å². The number of halogens is 1. The second kappa shape index (κ2) is 8.86. The second-order valence-corrected chi connectivity index (χ2v) is 5.98. The molecule has 2 amide bonds. The molecule has 0 aliphatic heterocycles. The van der Waals surface area contributed by atoms with Crippen LogP contribution in [0.15, 0.2) is 42.5 Å². The number of carboxylic acid groups (broad SMARTS) is 1. The van der Waals surface area contributed by atoms with Gasteiger partial charge in [0.2, 0.25) is 0 Å². The predicted molar refractivity (Wildman–Crippen MR) is 99.5 cm³/mol. The number of anilines is 2. The molecule has 0 aliphatic rings. The summed E-state index contributed by atoms with van der Waals surface area (Å²) in [6.45, 7) is 1.56. The van der Waals surface area contributed by atoms with Crippen LogP contribution in [0, 0.1) is 16.0 Å². The number of carbonyl (C=O) groups excluding carboxylic acids is 1. The zero-order valence-corrected chi connectivity index (χ0v) is 14.9. The fourth-order valence-corrected chi connectivity index (χ4v) is 2.15. The highest BCUT2D eigenvalue weighted by Crippen LogP contribution is 2.26. The van der Waals surface area contributed by atoms with E-state index in [1.165, 1.54) is 19.1 Å². The van der Waals surface area contributed by atoms with Gasteiger partial charge in [-0.2, -0.15) is 0 Å². The van der Waals surface area contributed by atoms with E-state index in [0.29, 0.717) is 11.4 Å². The number of nitrogens with zero attached hydrogens (tertiary/aromatic N) is 1. The molecule has 3 N–H and O–H groups in total. The quantitative estimate of drug-likeness (QED) is 0.481. The summed E-state index contributed by atoms with van der Waals surface area (Å²) in [4.78, 5) is 32.9. The fraction of sp³-hybridized carbons (Fsp3) is 0.176. The molecule has 0 heterocycles. The van der Waals surface area contributed by atoms with Gasteiger partial charge in [0, 0.05) is 17.8 Å². The molecule has 1 atom stereocenters. The van der Waals surface area contributed by atoms with Crippen LogP contribution in [0.2, 0.25) is 5.02 Å². The average Bonchev–Trinajstić information content (AvgIpc) is 2.62. The van der Waals surface area contributed by atoms with Gasteiger partial charge in [0.15, 0.2) is 0 Å². The lowest BCUT2D eigenvalue weighted by atomic mass is 10.2. The van der Waals surface area contributed by atoms with Gasteiger partial charge in [0.05, 0.1) is 21.6 Å². The molecule has 0 radical (unpaired) electrons. The van der Waals surface area contributed by atoms with E-state index in [1.807, 2.05) is 0 Å². The lowest BCUT2D eigenvalue weighted by molar-refractivity contribution is -0.384. The molecule has 0 aliphatic carbocycles. The van der Waals surface area contributed by atoms with E-state index >= 15 is 0 Å². The third-order valence-corrected chi connectivity index (χ3v) is 3.76. The number of hydrogen-bond donors (Lipinski definition) is 3. The van der Waals surface area contributed by atoms with Crippen molar-refractivity contribution in [1.82, 2.24) is 0 Å². The third kappa shape index (κ3) is 5.86. The highest BCUT2D eigenvalue weighted by Gasteiger charge is 2.13. The first kappa shape index (κ1) is 20.0. The standard InChI is InChI=1S/C17H16ClN3O6/c1-10(16(22)23)9-27-13-5-2-11(3-6-13)19-17(24)20-15-7-4-12(21(25)26)8-14(15)18/h2-8,10H,9H2,1H3,(H,22,23)(H2,19,20,24). The monoisotopic (exact) mass is 393 g/mol. The number of benzene rings is 2. The smallest absolute Gasteiger partial charge is 0.323 e. The van der Waals surface area contributed by atoms with Crippen molar-refractivity contribution in [2.24, 2.45) is 5.92 Å². The zero-order chi connectivity index (χ0) is 20.0. The first-order chi connectivity index (χ1) is 12.8. The number of amides is 2. The molecule has 0 saturated heterocycles. The topological polar surface area (TPSA) is 131 Å². The summed E-state index contributed by atoms with van der Waals surface area (Å²) >= 11 is 5.92. The van der Waals surface area contributed by atoms with Gasteiger partial charge < -0.3 is 20.5 Å². The van der Waals surface area contributed by atoms with Crippen LogP contribution in [-0.2, 0) is 4.79 Å². The molecule has 2 aromatic rings. The van der Waals surface area contributed by atoms with Crippen molar-refractivity contribution in [3.05, 3.63) is 57.6 Å². The molecule has 2 aromatic carbocycles. The number of nitrogens with one attached hydrogen (secondary N) is 2. The van der Waals surface area contributed by atoms with Crippen LogP contribution in [0.3, 0.4) is 0 Å². The lowest BCUT2D eigenvalue weighted by Gasteiger charge is -2.11. The maximum absolute atomic E-state index is 12.0. The second-order valence-electron chi connectivity index (χ2n) is 5.58. The van der Waals surface area contributed by atoms with Crippen LogP contribution >= 0.6 is 11.6 Å². The Kier molecular flexibility index (Phi) is 6.56. The molecule has 0 spiro atoms. The summed E-state index contributed by atoms with van der Waals surface area (Å²) in [5.74, 6) is -1.12. The molecule has 2 rings (SSSR count). The molecular formula is C17H16ClN3O6. The summed E-state index contributed by atoms with van der Waals surface area (Å²) in [6.07, 6.45) is 0. The molecule has 0 fully saturated rings. The number of rotatable bonds is 7. The minimum Gasteiger partial charge on any atom is -0.493 e. The van der Waals surface area contributed by atoms with E-state index < -0.39 is 22.8 Å². The first-order valence-corrected chi connectivity index (χ1v) is 8.11. The van der Waals surface area contributed by atoms with Crippen LogP contribution < -0.4 is 15.4 Å². The molecule has 9 nitrogen and oxygen atoms in total. The SMILES string of the molecule is CC(COc1ccc(NC(=O)Nc2ccc([N+](=O)[O-])cc2Cl)cc1)C(=O)O. The predicted octanol–water partition coefficient (Wildman–Crippen LogP) is 3.99. The Hall–Kier alpha value is -3.33. The number of ether oxygens (including phenoxy) is 1. The molecule has 0 saturated carbocycles. The number of nitro benzene ring substituents is 1. The van der Waals surface area contributed by atoms with Crippen molar-refractivity contribution in [3.63, 3.8) is 0 Å². The van der Waals surface area contributed by atoms with Crippen molar-refractivity contribution in [3.8, 4) is 5.75 Å². The third-order valence-electron chi connectivity index (χ3n) is 3.45.